The molecule has 0 saturated carbocycles. The zero-order valence-electron chi connectivity index (χ0n) is 24.9. The Hall–Kier alpha value is -3.37. The lowest BCUT2D eigenvalue weighted by Crippen LogP contribution is -2.48. The van der Waals surface area contributed by atoms with Crippen LogP contribution in [0.3, 0.4) is 0 Å². The highest BCUT2D eigenvalue weighted by Crippen LogP contribution is 2.50. The van der Waals surface area contributed by atoms with E-state index < -0.39 is 37.9 Å². The van der Waals surface area contributed by atoms with Gasteiger partial charge in [0.15, 0.2) is 0 Å². The topological polar surface area (TPSA) is 180 Å². The standard InChI is InChI=1S/C26H35BF2N8O4S2/c1-15-22(35(6)17(3)24(15)42(31,38)39)21(23-16(2)25(43(32,40)41)26(4,5)37(23)27(28)29)19-14-18(33-34-30)10-11-20(19)36-12-8-7-9-13-36/h10-11,14H,7-9,12-13H2,1-6H3,(H2,31,38,39)(H2,32,40,41)/b23-21-. The van der Waals surface area contributed by atoms with Gasteiger partial charge in [-0.2, -0.15) is 0 Å². The number of allylic oxidation sites excluding steroid dienone is 1. The van der Waals surface area contributed by atoms with Crippen LogP contribution in [0.1, 0.15) is 62.5 Å². The normalized spacial score (nSPS) is 18.7. The molecule has 4 N–H and O–H groups in total. The second kappa shape index (κ2) is 11.3. The first-order chi connectivity index (χ1) is 19.9. The van der Waals surface area contributed by atoms with Gasteiger partial charge in [-0.05, 0) is 82.7 Å². The van der Waals surface area contributed by atoms with E-state index in [0.717, 1.165) is 19.3 Å². The molecular formula is C26H35BF2N8O4S2. The summed E-state index contributed by atoms with van der Waals surface area (Å²) in [5.74, 6) is 0. The summed E-state index contributed by atoms with van der Waals surface area (Å²) in [5, 5.41) is 15.0. The Morgan fingerprint density at radius 3 is 2.14 bits per heavy atom. The second-order valence-corrected chi connectivity index (χ2v) is 14.4. The molecule has 232 valence electrons. The van der Waals surface area contributed by atoms with Crippen LogP contribution in [0.25, 0.3) is 16.0 Å². The Morgan fingerprint density at radius 2 is 1.65 bits per heavy atom. The van der Waals surface area contributed by atoms with Gasteiger partial charge >= 0.3 is 7.40 Å². The predicted octanol–water partition coefficient (Wildman–Crippen LogP) is 4.56. The van der Waals surface area contributed by atoms with Crippen LogP contribution in [0, 0.1) is 13.8 Å². The number of piperidine rings is 1. The number of nitrogens with zero attached hydrogens (tertiary/aromatic N) is 6. The Bertz CT molecular complexity index is 1820. The summed E-state index contributed by atoms with van der Waals surface area (Å²) in [6, 6.07) is 4.88. The highest BCUT2D eigenvalue weighted by Gasteiger charge is 2.53. The van der Waals surface area contributed by atoms with Crippen molar-refractivity contribution >= 4 is 44.4 Å². The van der Waals surface area contributed by atoms with E-state index in [-0.39, 0.29) is 44.4 Å². The van der Waals surface area contributed by atoms with Gasteiger partial charge < -0.3 is 14.3 Å². The van der Waals surface area contributed by atoms with Gasteiger partial charge in [-0.15, -0.1) is 0 Å². The minimum absolute atomic E-state index is 0.0167. The fraction of sp³-hybridized carbons (Fsp3) is 0.462. The van der Waals surface area contributed by atoms with Crippen molar-refractivity contribution in [2.75, 3.05) is 18.0 Å². The number of aromatic nitrogens is 1. The molecule has 3 heterocycles. The number of primary sulfonamides is 2. The fourth-order valence-electron chi connectivity index (χ4n) is 6.69. The van der Waals surface area contributed by atoms with Crippen LogP contribution < -0.4 is 15.2 Å². The van der Waals surface area contributed by atoms with Crippen molar-refractivity contribution in [1.29, 1.82) is 0 Å². The number of azide groups is 1. The van der Waals surface area contributed by atoms with Crippen LogP contribution in [-0.2, 0) is 27.1 Å². The molecule has 1 aromatic carbocycles. The molecule has 0 unspecified atom stereocenters. The van der Waals surface area contributed by atoms with Gasteiger partial charge in [0, 0.05) is 59.0 Å². The lowest BCUT2D eigenvalue weighted by atomic mass is 9.90. The van der Waals surface area contributed by atoms with E-state index in [9.17, 15) is 22.4 Å². The fourth-order valence-corrected chi connectivity index (χ4v) is 9.08. The van der Waals surface area contributed by atoms with Gasteiger partial charge in [-0.25, -0.2) is 27.1 Å². The molecule has 2 aromatic rings. The molecule has 0 atom stereocenters. The smallest absolute Gasteiger partial charge is 0.371 e. The van der Waals surface area contributed by atoms with Crippen molar-refractivity contribution in [3.63, 3.8) is 0 Å². The van der Waals surface area contributed by atoms with Crippen LogP contribution in [0.2, 0.25) is 0 Å². The van der Waals surface area contributed by atoms with Crippen LogP contribution in [0.15, 0.2) is 44.4 Å². The van der Waals surface area contributed by atoms with E-state index in [0.29, 0.717) is 29.2 Å². The third kappa shape index (κ3) is 5.55. The molecule has 0 radical (unpaired) electrons. The number of halogens is 2. The number of benzene rings is 1. The minimum Gasteiger partial charge on any atom is -0.371 e. The van der Waals surface area contributed by atoms with Crippen LogP contribution in [0.5, 0.6) is 0 Å². The zero-order valence-corrected chi connectivity index (χ0v) is 26.5. The lowest BCUT2D eigenvalue weighted by Gasteiger charge is -2.36. The van der Waals surface area contributed by atoms with Gasteiger partial charge in [0.25, 0.3) is 0 Å². The molecular weight excluding hydrogens is 601 g/mol. The maximum atomic E-state index is 15.2. The van der Waals surface area contributed by atoms with Crippen LogP contribution in [-0.4, -0.2) is 52.2 Å². The molecule has 1 aromatic heterocycles. The van der Waals surface area contributed by atoms with Gasteiger partial charge in [-0.3, -0.25) is 8.63 Å². The highest BCUT2D eigenvalue weighted by atomic mass is 32.2. The number of rotatable bonds is 7. The Labute approximate surface area is 250 Å². The summed E-state index contributed by atoms with van der Waals surface area (Å²) in [6.07, 6.45) is 2.77. The number of anilines is 1. The van der Waals surface area contributed by atoms with E-state index in [1.54, 1.807) is 32.2 Å². The summed E-state index contributed by atoms with van der Waals surface area (Å²) >= 11 is 0. The number of hydrogen-bond donors (Lipinski definition) is 2. The number of hydrogen-bond acceptors (Lipinski definition) is 7. The summed E-state index contributed by atoms with van der Waals surface area (Å²) in [6.45, 7) is 8.47. The maximum Gasteiger partial charge on any atom is 0.674 e. The second-order valence-electron chi connectivity index (χ2n) is 11.4. The van der Waals surface area contributed by atoms with Gasteiger partial charge in [0.2, 0.25) is 20.0 Å². The van der Waals surface area contributed by atoms with Crippen molar-refractivity contribution in [2.24, 2.45) is 22.4 Å². The third-order valence-electron chi connectivity index (χ3n) is 8.30. The first-order valence-corrected chi connectivity index (χ1v) is 16.6. The van der Waals surface area contributed by atoms with E-state index in [1.165, 1.54) is 32.3 Å². The van der Waals surface area contributed by atoms with Crippen molar-refractivity contribution < 1.29 is 25.5 Å². The molecule has 4 rings (SSSR count). The average molecular weight is 637 g/mol. The zero-order chi connectivity index (χ0) is 32.2. The van der Waals surface area contributed by atoms with E-state index >= 15 is 8.63 Å². The van der Waals surface area contributed by atoms with Gasteiger partial charge in [0.05, 0.1) is 16.1 Å². The van der Waals surface area contributed by atoms with E-state index in [4.69, 9.17) is 10.3 Å². The molecule has 0 bridgehead atoms. The SMILES string of the molecule is CC1=C(S(N)(=O)=O)C(C)(C)N(B(F)F)/C1=C(/c1cc(N=[N+]=[N-])ccc1N1CCCCC1)c1c(C)c(S(N)(=O)=O)c(C)n1C. The molecule has 0 amide bonds. The lowest BCUT2D eigenvalue weighted by molar-refractivity contribution is 0.312. The van der Waals surface area contributed by atoms with Gasteiger partial charge in [-0.1, -0.05) is 11.2 Å². The van der Waals surface area contributed by atoms with Crippen LogP contribution >= 0.6 is 0 Å². The molecule has 1 saturated heterocycles. The predicted molar refractivity (Wildman–Crippen MR) is 163 cm³/mol. The van der Waals surface area contributed by atoms with Crippen molar-refractivity contribution in [3.05, 3.63) is 67.3 Å². The molecule has 43 heavy (non-hydrogen) atoms. The first-order valence-electron chi connectivity index (χ1n) is 13.6. The maximum absolute atomic E-state index is 15.2. The Kier molecular flexibility index (Phi) is 8.54. The number of sulfonamides is 2. The van der Waals surface area contributed by atoms with Crippen molar-refractivity contribution in [3.8, 4) is 0 Å². The molecule has 12 nitrogen and oxygen atoms in total. The van der Waals surface area contributed by atoms with Gasteiger partial charge in [0.1, 0.15) is 4.90 Å². The minimum atomic E-state index is -4.48. The Balaban J connectivity index is 2.33. The summed E-state index contributed by atoms with van der Waals surface area (Å²) in [7, 11) is -10.3. The van der Waals surface area contributed by atoms with E-state index in [2.05, 4.69) is 14.9 Å². The van der Waals surface area contributed by atoms with Crippen molar-refractivity contribution in [1.82, 2.24) is 9.38 Å². The van der Waals surface area contributed by atoms with Crippen LogP contribution in [0.4, 0.5) is 20.0 Å². The summed E-state index contributed by atoms with van der Waals surface area (Å²) in [4.78, 5) is 5.09. The van der Waals surface area contributed by atoms with E-state index in [1.807, 2.05) is 0 Å². The molecule has 2 aliphatic rings. The third-order valence-corrected chi connectivity index (χ3v) is 10.8. The number of nitrogens with two attached hydrogens (primary N) is 2. The summed E-state index contributed by atoms with van der Waals surface area (Å²) in [5.41, 5.74) is 9.22. The van der Waals surface area contributed by atoms with Crippen molar-refractivity contribution in [2.45, 2.75) is 64.3 Å². The summed E-state index contributed by atoms with van der Waals surface area (Å²) < 4.78 is 83.2. The highest BCUT2D eigenvalue weighted by molar-refractivity contribution is 7.93. The molecule has 0 spiro atoms. The Morgan fingerprint density at radius 1 is 1.05 bits per heavy atom. The molecule has 0 aliphatic carbocycles. The molecule has 17 heteroatoms. The first kappa shape index (κ1) is 32.5. The average Bonchev–Trinajstić information content (AvgIpc) is 3.24. The molecule has 1 fully saturated rings. The monoisotopic (exact) mass is 636 g/mol. The largest absolute Gasteiger partial charge is 0.674 e. The molecule has 2 aliphatic heterocycles. The quantitative estimate of drug-likeness (QED) is 0.194.